The van der Waals surface area contributed by atoms with Gasteiger partial charge in [-0.3, -0.25) is 0 Å². The molecule has 0 amide bonds. The Bertz CT molecular complexity index is 468. The fourth-order valence-corrected chi connectivity index (χ4v) is 1.40. The van der Waals surface area contributed by atoms with Crippen molar-refractivity contribution >= 4 is 16.9 Å². The minimum absolute atomic E-state index is 0.00600. The van der Waals surface area contributed by atoms with E-state index in [1.54, 1.807) is 6.26 Å². The molecule has 0 atom stereocenters. The van der Waals surface area contributed by atoms with Gasteiger partial charge in [-0.1, -0.05) is 20.8 Å². The van der Waals surface area contributed by atoms with E-state index in [1.807, 2.05) is 0 Å². The number of rotatable bonds is 0. The molecule has 4 nitrogen and oxygen atoms in total. The fraction of sp³-hybridized carbons (Fsp3) is 0.400. The predicted octanol–water partition coefficient (Wildman–Crippen LogP) is 2.10. The summed E-state index contributed by atoms with van der Waals surface area (Å²) in [5.74, 6) is 0.394. The summed E-state index contributed by atoms with van der Waals surface area (Å²) < 4.78 is 5.36. The number of hydrogen-bond donors (Lipinski definition) is 1. The first-order chi connectivity index (χ1) is 6.50. The maximum Gasteiger partial charge on any atom is 0.194 e. The van der Waals surface area contributed by atoms with Crippen LogP contribution in [-0.4, -0.2) is 9.97 Å². The van der Waals surface area contributed by atoms with Crippen molar-refractivity contribution in [2.45, 2.75) is 26.2 Å². The van der Waals surface area contributed by atoms with Crippen LogP contribution < -0.4 is 5.73 Å². The Kier molecular flexibility index (Phi) is 1.74. The highest BCUT2D eigenvalue weighted by Crippen LogP contribution is 2.31. The summed E-state index contributed by atoms with van der Waals surface area (Å²) in [6, 6.07) is 0. The van der Waals surface area contributed by atoms with Crippen LogP contribution in [0.1, 0.15) is 26.3 Å². The van der Waals surface area contributed by atoms with Crippen molar-refractivity contribution in [2.75, 3.05) is 5.73 Å². The average molecular weight is 191 g/mol. The Morgan fingerprint density at radius 2 is 2.00 bits per heavy atom. The first kappa shape index (κ1) is 8.99. The maximum absolute atomic E-state index is 5.67. The number of hydrogen-bond acceptors (Lipinski definition) is 4. The van der Waals surface area contributed by atoms with Gasteiger partial charge in [-0.2, -0.15) is 0 Å². The predicted molar refractivity (Wildman–Crippen MR) is 54.9 cm³/mol. The van der Waals surface area contributed by atoms with Crippen LogP contribution >= 0.6 is 0 Å². The van der Waals surface area contributed by atoms with Crippen molar-refractivity contribution < 1.29 is 4.42 Å². The van der Waals surface area contributed by atoms with Gasteiger partial charge in [0.05, 0.1) is 6.26 Å². The molecule has 2 aromatic heterocycles. The van der Waals surface area contributed by atoms with Crippen molar-refractivity contribution in [3.05, 3.63) is 18.2 Å². The number of aromatic nitrogens is 2. The molecular formula is C10H13N3O. The highest BCUT2D eigenvalue weighted by atomic mass is 16.3. The number of nitrogens with two attached hydrogens (primary N) is 1. The molecule has 0 unspecified atom stereocenters. The molecule has 0 bridgehead atoms. The van der Waals surface area contributed by atoms with E-state index in [1.165, 1.54) is 6.33 Å². The molecule has 14 heavy (non-hydrogen) atoms. The zero-order valence-corrected chi connectivity index (χ0v) is 8.53. The third kappa shape index (κ3) is 1.23. The second-order valence-corrected chi connectivity index (χ2v) is 4.34. The standard InChI is InChI=1S/C10H13N3O/c1-10(2,3)6-4-14-8-7(6)12-5-13-9(8)11/h4-5H,1-3H3,(H2,11,12,13). The van der Waals surface area contributed by atoms with Crippen LogP contribution in [0.15, 0.2) is 17.0 Å². The monoisotopic (exact) mass is 191 g/mol. The van der Waals surface area contributed by atoms with Gasteiger partial charge in [0.1, 0.15) is 11.8 Å². The highest BCUT2D eigenvalue weighted by Gasteiger charge is 2.21. The van der Waals surface area contributed by atoms with Gasteiger partial charge < -0.3 is 10.2 Å². The van der Waals surface area contributed by atoms with E-state index in [0.717, 1.165) is 11.1 Å². The number of furan rings is 1. The molecule has 0 aliphatic rings. The zero-order chi connectivity index (χ0) is 10.3. The summed E-state index contributed by atoms with van der Waals surface area (Å²) in [5.41, 5.74) is 8.12. The maximum atomic E-state index is 5.67. The molecule has 0 saturated carbocycles. The van der Waals surface area contributed by atoms with Crippen LogP contribution in [-0.2, 0) is 5.41 Å². The molecule has 4 heteroatoms. The van der Waals surface area contributed by atoms with Crippen LogP contribution in [0.2, 0.25) is 0 Å². The minimum atomic E-state index is 0.00600. The number of anilines is 1. The van der Waals surface area contributed by atoms with Crippen LogP contribution in [0.3, 0.4) is 0 Å². The first-order valence-corrected chi connectivity index (χ1v) is 4.48. The van der Waals surface area contributed by atoms with E-state index in [-0.39, 0.29) is 5.41 Å². The lowest BCUT2D eigenvalue weighted by Crippen LogP contribution is -2.10. The first-order valence-electron chi connectivity index (χ1n) is 4.48. The summed E-state index contributed by atoms with van der Waals surface area (Å²) >= 11 is 0. The lowest BCUT2D eigenvalue weighted by molar-refractivity contribution is 0.557. The van der Waals surface area contributed by atoms with E-state index in [2.05, 4.69) is 30.7 Å². The van der Waals surface area contributed by atoms with Crippen LogP contribution in [0.25, 0.3) is 11.1 Å². The molecule has 0 saturated heterocycles. The third-order valence-corrected chi connectivity index (χ3v) is 2.19. The number of fused-ring (bicyclic) bond motifs is 1. The van der Waals surface area contributed by atoms with Gasteiger partial charge in [-0.05, 0) is 5.41 Å². The summed E-state index contributed by atoms with van der Waals surface area (Å²) in [6.45, 7) is 6.32. The minimum Gasteiger partial charge on any atom is -0.458 e. The van der Waals surface area contributed by atoms with Crippen molar-refractivity contribution in [1.82, 2.24) is 9.97 Å². The van der Waals surface area contributed by atoms with Crippen molar-refractivity contribution in [1.29, 1.82) is 0 Å². The van der Waals surface area contributed by atoms with Gasteiger partial charge in [0.15, 0.2) is 11.4 Å². The molecule has 2 rings (SSSR count). The van der Waals surface area contributed by atoms with Gasteiger partial charge in [-0.25, -0.2) is 9.97 Å². The second kappa shape index (κ2) is 2.70. The van der Waals surface area contributed by atoms with Gasteiger partial charge in [0.25, 0.3) is 0 Å². The molecular weight excluding hydrogens is 178 g/mol. The zero-order valence-electron chi connectivity index (χ0n) is 8.53. The van der Waals surface area contributed by atoms with Gasteiger partial charge in [0, 0.05) is 5.56 Å². The Morgan fingerprint density at radius 3 is 2.64 bits per heavy atom. The third-order valence-electron chi connectivity index (χ3n) is 2.19. The smallest absolute Gasteiger partial charge is 0.194 e. The molecule has 0 aliphatic heterocycles. The van der Waals surface area contributed by atoms with Crippen LogP contribution in [0, 0.1) is 0 Å². The average Bonchev–Trinajstić information content (AvgIpc) is 2.47. The van der Waals surface area contributed by atoms with Crippen molar-refractivity contribution in [3.8, 4) is 0 Å². The van der Waals surface area contributed by atoms with Crippen molar-refractivity contribution in [2.24, 2.45) is 0 Å². The molecule has 2 N–H and O–H groups in total. The summed E-state index contributed by atoms with van der Waals surface area (Å²) in [5, 5.41) is 0. The molecule has 0 spiro atoms. The molecule has 0 aromatic carbocycles. The van der Waals surface area contributed by atoms with Crippen LogP contribution in [0.4, 0.5) is 5.82 Å². The van der Waals surface area contributed by atoms with Crippen molar-refractivity contribution in [3.63, 3.8) is 0 Å². The number of nitrogen functional groups attached to an aromatic ring is 1. The Balaban J connectivity index is 2.76. The normalized spacial score (nSPS) is 12.2. The lowest BCUT2D eigenvalue weighted by Gasteiger charge is -2.15. The van der Waals surface area contributed by atoms with Gasteiger partial charge in [0.2, 0.25) is 0 Å². The van der Waals surface area contributed by atoms with Crippen LogP contribution in [0.5, 0.6) is 0 Å². The van der Waals surface area contributed by atoms with E-state index in [9.17, 15) is 0 Å². The van der Waals surface area contributed by atoms with E-state index >= 15 is 0 Å². The van der Waals surface area contributed by atoms with Gasteiger partial charge >= 0.3 is 0 Å². The van der Waals surface area contributed by atoms with E-state index < -0.39 is 0 Å². The topological polar surface area (TPSA) is 64.9 Å². The Hall–Kier alpha value is -1.58. The summed E-state index contributed by atoms with van der Waals surface area (Å²) in [7, 11) is 0. The molecule has 0 aliphatic carbocycles. The second-order valence-electron chi connectivity index (χ2n) is 4.34. The fourth-order valence-electron chi connectivity index (χ4n) is 1.40. The van der Waals surface area contributed by atoms with E-state index in [4.69, 9.17) is 10.2 Å². The summed E-state index contributed by atoms with van der Waals surface area (Å²) in [4.78, 5) is 8.06. The Morgan fingerprint density at radius 1 is 1.29 bits per heavy atom. The molecule has 0 radical (unpaired) electrons. The molecule has 2 heterocycles. The number of nitrogens with zero attached hydrogens (tertiary/aromatic N) is 2. The molecule has 2 aromatic rings. The lowest BCUT2D eigenvalue weighted by atomic mass is 9.88. The quantitative estimate of drug-likeness (QED) is 0.692. The Labute approximate surface area is 82.1 Å². The molecule has 0 fully saturated rings. The highest BCUT2D eigenvalue weighted by molar-refractivity contribution is 5.85. The molecule has 74 valence electrons. The SMILES string of the molecule is CC(C)(C)c1coc2c(N)ncnc12. The van der Waals surface area contributed by atoms with Gasteiger partial charge in [-0.15, -0.1) is 0 Å². The largest absolute Gasteiger partial charge is 0.458 e. The summed E-state index contributed by atoms with van der Waals surface area (Å²) in [6.07, 6.45) is 3.16. The van der Waals surface area contributed by atoms with E-state index in [0.29, 0.717) is 11.4 Å².